The maximum absolute atomic E-state index is 11.8. The number of alkyl halides is 3. The van der Waals surface area contributed by atoms with E-state index in [1.54, 1.807) is 0 Å². The van der Waals surface area contributed by atoms with Gasteiger partial charge in [-0.2, -0.15) is 13.2 Å². The summed E-state index contributed by atoms with van der Waals surface area (Å²) >= 11 is -0.239. The maximum atomic E-state index is 11.8. The van der Waals surface area contributed by atoms with Crippen LogP contribution in [0.2, 0.25) is 0 Å². The van der Waals surface area contributed by atoms with Crippen LogP contribution in [0.1, 0.15) is 12.8 Å². The minimum Gasteiger partial charge on any atom is -0.480 e. The van der Waals surface area contributed by atoms with Crippen molar-refractivity contribution in [1.29, 1.82) is 0 Å². The van der Waals surface area contributed by atoms with Gasteiger partial charge in [0, 0.05) is 12.3 Å². The van der Waals surface area contributed by atoms with E-state index >= 15 is 0 Å². The standard InChI is InChI=1S/C9H13F3N2O3S/c10-9(11,12)18-4-3-13-8(17)14-6(7(15)16)5-1-2-5/h5-6H,1-4H2,(H,15,16)(H2,13,14,17). The number of hydrogen-bond acceptors (Lipinski definition) is 3. The van der Waals surface area contributed by atoms with Crippen molar-refractivity contribution >= 4 is 23.8 Å². The highest BCUT2D eigenvalue weighted by atomic mass is 32.2. The normalized spacial score (nSPS) is 17.1. The van der Waals surface area contributed by atoms with Gasteiger partial charge in [0.2, 0.25) is 0 Å². The van der Waals surface area contributed by atoms with Crippen LogP contribution in [0.5, 0.6) is 0 Å². The van der Waals surface area contributed by atoms with E-state index in [2.05, 4.69) is 10.6 Å². The zero-order valence-electron chi connectivity index (χ0n) is 9.29. The summed E-state index contributed by atoms with van der Waals surface area (Å²) in [4.78, 5) is 22.0. The van der Waals surface area contributed by atoms with E-state index in [9.17, 15) is 22.8 Å². The number of thioether (sulfide) groups is 1. The Hall–Kier alpha value is -1.12. The summed E-state index contributed by atoms with van der Waals surface area (Å²) in [6.45, 7) is -0.174. The average molecular weight is 286 g/mol. The first-order valence-corrected chi connectivity index (χ1v) is 6.26. The third-order valence-corrected chi connectivity index (χ3v) is 3.03. The Morgan fingerprint density at radius 3 is 2.44 bits per heavy atom. The fraction of sp³-hybridized carbons (Fsp3) is 0.778. The highest BCUT2D eigenvalue weighted by Crippen LogP contribution is 2.32. The Morgan fingerprint density at radius 2 is 2.00 bits per heavy atom. The van der Waals surface area contributed by atoms with Gasteiger partial charge in [-0.05, 0) is 30.5 Å². The molecule has 0 aromatic rings. The first-order valence-electron chi connectivity index (χ1n) is 5.27. The smallest absolute Gasteiger partial charge is 0.441 e. The number of carboxylic acids is 1. The molecule has 1 aliphatic carbocycles. The molecule has 0 heterocycles. The number of carbonyl (C=O) groups is 2. The molecule has 104 valence electrons. The summed E-state index contributed by atoms with van der Waals surface area (Å²) in [7, 11) is 0. The van der Waals surface area contributed by atoms with E-state index in [0.717, 1.165) is 12.8 Å². The van der Waals surface area contributed by atoms with Crippen LogP contribution >= 0.6 is 11.8 Å². The van der Waals surface area contributed by atoms with Crippen LogP contribution in [0.3, 0.4) is 0 Å². The second-order valence-corrected chi connectivity index (χ2v) is 5.01. The second kappa shape index (κ2) is 6.17. The van der Waals surface area contributed by atoms with Gasteiger partial charge in [0.1, 0.15) is 6.04 Å². The lowest BCUT2D eigenvalue weighted by atomic mass is 10.2. The molecule has 0 aromatic carbocycles. The van der Waals surface area contributed by atoms with Crippen molar-refractivity contribution < 1.29 is 27.9 Å². The Morgan fingerprint density at radius 1 is 1.39 bits per heavy atom. The molecule has 1 atom stereocenters. The molecule has 0 spiro atoms. The molecule has 0 radical (unpaired) electrons. The lowest BCUT2D eigenvalue weighted by molar-refractivity contribution is -0.139. The molecule has 9 heteroatoms. The number of urea groups is 1. The molecule has 1 fully saturated rings. The number of hydrogen-bond donors (Lipinski definition) is 3. The number of carbonyl (C=O) groups excluding carboxylic acids is 1. The number of rotatable bonds is 6. The van der Waals surface area contributed by atoms with E-state index in [4.69, 9.17) is 5.11 Å². The van der Waals surface area contributed by atoms with Crippen molar-refractivity contribution in [1.82, 2.24) is 10.6 Å². The van der Waals surface area contributed by atoms with Crippen LogP contribution in [0, 0.1) is 5.92 Å². The van der Waals surface area contributed by atoms with E-state index < -0.39 is 23.6 Å². The molecule has 1 aliphatic rings. The third-order valence-electron chi connectivity index (χ3n) is 2.30. The zero-order chi connectivity index (χ0) is 13.8. The number of halogens is 3. The monoisotopic (exact) mass is 286 g/mol. The van der Waals surface area contributed by atoms with Crippen LogP contribution in [-0.4, -0.2) is 41.0 Å². The van der Waals surface area contributed by atoms with Crippen LogP contribution in [0.15, 0.2) is 0 Å². The van der Waals surface area contributed by atoms with Crippen molar-refractivity contribution in [3.8, 4) is 0 Å². The zero-order valence-corrected chi connectivity index (χ0v) is 10.1. The maximum Gasteiger partial charge on any atom is 0.441 e. The average Bonchev–Trinajstić information content (AvgIpc) is 3.03. The number of amides is 2. The van der Waals surface area contributed by atoms with Crippen LogP contribution in [-0.2, 0) is 4.79 Å². The molecule has 1 unspecified atom stereocenters. The molecule has 18 heavy (non-hydrogen) atoms. The van der Waals surface area contributed by atoms with Crippen molar-refractivity contribution in [2.75, 3.05) is 12.3 Å². The number of aliphatic carboxylic acids is 1. The molecule has 1 saturated carbocycles. The minimum atomic E-state index is -4.32. The Balaban J connectivity index is 2.18. The Labute approximate surface area is 105 Å². The molecule has 0 saturated heterocycles. The first kappa shape index (κ1) is 14.9. The summed E-state index contributed by atoms with van der Waals surface area (Å²) in [5.74, 6) is -1.51. The van der Waals surface area contributed by atoms with E-state index in [1.165, 1.54) is 0 Å². The molecule has 0 bridgehead atoms. The lowest BCUT2D eigenvalue weighted by Gasteiger charge is -2.14. The van der Waals surface area contributed by atoms with Gasteiger partial charge in [-0.15, -0.1) is 0 Å². The summed E-state index contributed by atoms with van der Waals surface area (Å²) in [6, 6.07) is -1.71. The molecule has 1 rings (SSSR count). The number of carboxylic acid groups (broad SMARTS) is 1. The summed E-state index contributed by atoms with van der Waals surface area (Å²) in [5.41, 5.74) is -4.32. The predicted octanol–water partition coefficient (Wildman–Crippen LogP) is 1.40. The summed E-state index contributed by atoms with van der Waals surface area (Å²) < 4.78 is 35.3. The molecular weight excluding hydrogens is 273 g/mol. The Bertz CT molecular complexity index is 321. The van der Waals surface area contributed by atoms with E-state index in [0.29, 0.717) is 0 Å². The van der Waals surface area contributed by atoms with Gasteiger partial charge in [-0.25, -0.2) is 9.59 Å². The van der Waals surface area contributed by atoms with E-state index in [-0.39, 0.29) is 30.0 Å². The quantitative estimate of drug-likeness (QED) is 0.645. The third kappa shape index (κ3) is 5.99. The van der Waals surface area contributed by atoms with Gasteiger partial charge in [0.15, 0.2) is 0 Å². The van der Waals surface area contributed by atoms with Gasteiger partial charge in [0.05, 0.1) is 0 Å². The fourth-order valence-electron chi connectivity index (χ4n) is 1.33. The van der Waals surface area contributed by atoms with Gasteiger partial charge in [0.25, 0.3) is 0 Å². The van der Waals surface area contributed by atoms with E-state index in [1.807, 2.05) is 0 Å². The largest absolute Gasteiger partial charge is 0.480 e. The van der Waals surface area contributed by atoms with Gasteiger partial charge < -0.3 is 15.7 Å². The highest BCUT2D eigenvalue weighted by Gasteiger charge is 2.37. The lowest BCUT2D eigenvalue weighted by Crippen LogP contribution is -2.47. The molecular formula is C9H13F3N2O3S. The van der Waals surface area contributed by atoms with Crippen molar-refractivity contribution in [3.05, 3.63) is 0 Å². The Kier molecular flexibility index (Phi) is 5.12. The predicted molar refractivity (Wildman–Crippen MR) is 59.2 cm³/mol. The summed E-state index contributed by atoms with van der Waals surface area (Å²) in [5, 5.41) is 13.2. The summed E-state index contributed by atoms with van der Waals surface area (Å²) in [6.07, 6.45) is 1.47. The van der Waals surface area contributed by atoms with Crippen molar-refractivity contribution in [2.45, 2.75) is 24.4 Å². The van der Waals surface area contributed by atoms with Crippen molar-refractivity contribution in [3.63, 3.8) is 0 Å². The minimum absolute atomic E-state index is 0.0715. The molecule has 0 aliphatic heterocycles. The second-order valence-electron chi connectivity index (χ2n) is 3.85. The molecule has 5 nitrogen and oxygen atoms in total. The van der Waals surface area contributed by atoms with Gasteiger partial charge in [-0.3, -0.25) is 0 Å². The van der Waals surface area contributed by atoms with Crippen LogP contribution in [0.4, 0.5) is 18.0 Å². The topological polar surface area (TPSA) is 78.4 Å². The highest BCUT2D eigenvalue weighted by molar-refractivity contribution is 8.00. The van der Waals surface area contributed by atoms with Crippen LogP contribution in [0.25, 0.3) is 0 Å². The van der Waals surface area contributed by atoms with Crippen LogP contribution < -0.4 is 10.6 Å². The fourth-order valence-corrected chi connectivity index (χ4v) is 1.77. The number of nitrogens with one attached hydrogen (secondary N) is 2. The molecule has 2 amide bonds. The van der Waals surface area contributed by atoms with Gasteiger partial charge in [-0.1, -0.05) is 0 Å². The van der Waals surface area contributed by atoms with Crippen molar-refractivity contribution in [2.24, 2.45) is 5.92 Å². The van der Waals surface area contributed by atoms with Gasteiger partial charge >= 0.3 is 17.5 Å². The molecule has 0 aromatic heterocycles. The SMILES string of the molecule is O=C(NCCSC(F)(F)F)NC(C(=O)O)C1CC1. The molecule has 3 N–H and O–H groups in total. The first-order chi connectivity index (χ1) is 8.29.